The first-order valence-electron chi connectivity index (χ1n) is 6.60. The lowest BCUT2D eigenvalue weighted by Gasteiger charge is -2.24. The fourth-order valence-corrected chi connectivity index (χ4v) is 4.36. The lowest BCUT2D eigenvalue weighted by molar-refractivity contribution is 0.0875. The van der Waals surface area contributed by atoms with E-state index in [0.29, 0.717) is 18.8 Å². The van der Waals surface area contributed by atoms with Crippen LogP contribution < -0.4 is 0 Å². The molecule has 3 nitrogen and oxygen atoms in total. The Labute approximate surface area is 112 Å². The minimum atomic E-state index is -3.77. The topological polar surface area (TPSA) is 43.4 Å². The number of alkyl halides is 1. The summed E-state index contributed by atoms with van der Waals surface area (Å²) in [5.74, 6) is 0.0449. The Bertz CT molecular complexity index is 567. The fraction of sp³-hybridized carbons (Fsp3) is 0.571. The second-order valence-corrected chi connectivity index (χ2v) is 7.23. The summed E-state index contributed by atoms with van der Waals surface area (Å²) in [6, 6.07) is 6.53. The maximum absolute atomic E-state index is 13.6. The van der Waals surface area contributed by atoms with Gasteiger partial charge in [-0.3, -0.25) is 4.18 Å². The van der Waals surface area contributed by atoms with E-state index >= 15 is 0 Å². The molecular weight excluding hydrogens is 267 g/mol. The van der Waals surface area contributed by atoms with Crippen molar-refractivity contribution in [3.05, 3.63) is 29.8 Å². The van der Waals surface area contributed by atoms with Gasteiger partial charge in [-0.1, -0.05) is 17.7 Å². The zero-order valence-corrected chi connectivity index (χ0v) is 11.6. The average Bonchev–Trinajstić information content (AvgIpc) is 2.87. The third-order valence-electron chi connectivity index (χ3n) is 4.23. The van der Waals surface area contributed by atoms with Crippen molar-refractivity contribution in [3.8, 4) is 0 Å². The summed E-state index contributed by atoms with van der Waals surface area (Å²) in [6.45, 7) is 1.89. The highest BCUT2D eigenvalue weighted by atomic mass is 32.2. The highest BCUT2D eigenvalue weighted by Crippen LogP contribution is 2.48. The summed E-state index contributed by atoms with van der Waals surface area (Å²) in [6.07, 6.45) is 0.595. The molecule has 0 saturated heterocycles. The number of fused-ring (bicyclic) bond motifs is 2. The molecule has 0 spiro atoms. The summed E-state index contributed by atoms with van der Waals surface area (Å²) in [5.41, 5.74) is 0.989. The maximum Gasteiger partial charge on any atom is 0.297 e. The first-order chi connectivity index (χ1) is 8.95. The van der Waals surface area contributed by atoms with Crippen LogP contribution in [0.25, 0.3) is 0 Å². The molecule has 3 rings (SSSR count). The van der Waals surface area contributed by atoms with Gasteiger partial charge in [0.1, 0.15) is 6.17 Å². The van der Waals surface area contributed by atoms with Crippen LogP contribution in [0.15, 0.2) is 29.2 Å². The minimum Gasteiger partial charge on any atom is -0.263 e. The van der Waals surface area contributed by atoms with Crippen LogP contribution in [0.5, 0.6) is 0 Å². The quantitative estimate of drug-likeness (QED) is 0.802. The molecule has 2 saturated carbocycles. The van der Waals surface area contributed by atoms with Gasteiger partial charge in [-0.25, -0.2) is 4.39 Å². The van der Waals surface area contributed by atoms with Crippen LogP contribution in [0.3, 0.4) is 0 Å². The van der Waals surface area contributed by atoms with E-state index in [-0.39, 0.29) is 10.8 Å². The number of hydrogen-bond acceptors (Lipinski definition) is 3. The highest BCUT2D eigenvalue weighted by molar-refractivity contribution is 7.86. The molecule has 0 N–H and O–H groups in total. The van der Waals surface area contributed by atoms with E-state index in [9.17, 15) is 12.8 Å². The lowest BCUT2D eigenvalue weighted by Crippen LogP contribution is -2.30. The summed E-state index contributed by atoms with van der Waals surface area (Å²) >= 11 is 0. The molecule has 1 aromatic rings. The second-order valence-electron chi connectivity index (χ2n) is 5.65. The molecule has 0 amide bonds. The SMILES string of the molecule is Cc1ccc(S(=O)(=O)O[C@@H]2C[C@@H]3C[C@H]2[C@H](F)C3)cc1. The Morgan fingerprint density at radius 3 is 2.42 bits per heavy atom. The van der Waals surface area contributed by atoms with Gasteiger partial charge in [-0.15, -0.1) is 0 Å². The molecule has 2 aliphatic carbocycles. The minimum absolute atomic E-state index is 0.149. The smallest absolute Gasteiger partial charge is 0.263 e. The first kappa shape index (κ1) is 13.1. The zero-order valence-electron chi connectivity index (χ0n) is 10.8. The number of benzene rings is 1. The van der Waals surface area contributed by atoms with Gasteiger partial charge in [-0.05, 0) is 44.2 Å². The molecular formula is C14H17FO3S. The van der Waals surface area contributed by atoms with Crippen LogP contribution in [0.1, 0.15) is 24.8 Å². The molecule has 0 radical (unpaired) electrons. The normalized spacial score (nSPS) is 33.8. The van der Waals surface area contributed by atoms with Crippen molar-refractivity contribution in [2.45, 2.75) is 43.4 Å². The molecule has 0 aromatic heterocycles. The molecule has 1 aromatic carbocycles. The third-order valence-corrected chi connectivity index (χ3v) is 5.58. The summed E-state index contributed by atoms with van der Waals surface area (Å²) in [5, 5.41) is 0. The van der Waals surface area contributed by atoms with E-state index in [4.69, 9.17) is 4.18 Å². The third kappa shape index (κ3) is 2.41. The molecule has 0 unspecified atom stereocenters. The Morgan fingerprint density at radius 2 is 1.84 bits per heavy atom. The Hall–Kier alpha value is -0.940. The monoisotopic (exact) mass is 284 g/mol. The van der Waals surface area contributed by atoms with Crippen molar-refractivity contribution in [1.29, 1.82) is 0 Å². The van der Waals surface area contributed by atoms with E-state index in [0.717, 1.165) is 12.0 Å². The largest absolute Gasteiger partial charge is 0.297 e. The van der Waals surface area contributed by atoms with Gasteiger partial charge >= 0.3 is 0 Å². The van der Waals surface area contributed by atoms with Crippen molar-refractivity contribution >= 4 is 10.1 Å². The standard InChI is InChI=1S/C14H17FO3S/c1-9-2-4-11(5-3-9)19(16,17)18-14-8-10-6-12(14)13(15)7-10/h2-5,10,12-14H,6-8H2,1H3/t10-,12+,13-,14-/m1/s1. The van der Waals surface area contributed by atoms with E-state index in [1.807, 2.05) is 6.92 Å². The van der Waals surface area contributed by atoms with Gasteiger partial charge in [0, 0.05) is 5.92 Å². The maximum atomic E-state index is 13.6. The van der Waals surface area contributed by atoms with Crippen LogP contribution in [0.2, 0.25) is 0 Å². The Morgan fingerprint density at radius 1 is 1.16 bits per heavy atom. The molecule has 2 bridgehead atoms. The molecule has 19 heavy (non-hydrogen) atoms. The summed E-state index contributed by atoms with van der Waals surface area (Å²) in [4.78, 5) is 0.149. The molecule has 4 atom stereocenters. The van der Waals surface area contributed by atoms with Gasteiger partial charge in [0.25, 0.3) is 10.1 Å². The second kappa shape index (κ2) is 4.56. The predicted octanol–water partition coefficient (Wildman–Crippen LogP) is 2.84. The molecule has 0 aliphatic heterocycles. The van der Waals surface area contributed by atoms with Crippen molar-refractivity contribution < 1.29 is 17.0 Å². The van der Waals surface area contributed by atoms with Crippen molar-refractivity contribution in [1.82, 2.24) is 0 Å². The molecule has 2 aliphatic rings. The number of halogens is 1. The van der Waals surface area contributed by atoms with Crippen molar-refractivity contribution in [2.24, 2.45) is 11.8 Å². The lowest BCUT2D eigenvalue weighted by atomic mass is 9.96. The van der Waals surface area contributed by atoms with Crippen molar-refractivity contribution in [3.63, 3.8) is 0 Å². The van der Waals surface area contributed by atoms with Crippen molar-refractivity contribution in [2.75, 3.05) is 0 Å². The average molecular weight is 284 g/mol. The fourth-order valence-electron chi connectivity index (χ4n) is 3.24. The number of aryl methyl sites for hydroxylation is 1. The number of hydrogen-bond donors (Lipinski definition) is 0. The van der Waals surface area contributed by atoms with Crippen LogP contribution in [0.4, 0.5) is 4.39 Å². The van der Waals surface area contributed by atoms with Crippen LogP contribution in [0, 0.1) is 18.8 Å². The number of rotatable bonds is 3. The first-order valence-corrected chi connectivity index (χ1v) is 8.00. The summed E-state index contributed by atoms with van der Waals surface area (Å²) < 4.78 is 43.2. The Balaban J connectivity index is 1.77. The van der Waals surface area contributed by atoms with Gasteiger partial charge in [0.05, 0.1) is 11.0 Å². The Kier molecular flexibility index (Phi) is 3.14. The van der Waals surface area contributed by atoms with Crippen LogP contribution in [-0.4, -0.2) is 20.7 Å². The van der Waals surface area contributed by atoms with E-state index in [1.54, 1.807) is 12.1 Å². The van der Waals surface area contributed by atoms with Crippen LogP contribution >= 0.6 is 0 Å². The molecule has 5 heteroatoms. The molecule has 2 fully saturated rings. The van der Waals surface area contributed by atoms with Gasteiger partial charge in [-0.2, -0.15) is 8.42 Å². The van der Waals surface area contributed by atoms with E-state index < -0.39 is 22.4 Å². The van der Waals surface area contributed by atoms with E-state index in [2.05, 4.69) is 0 Å². The van der Waals surface area contributed by atoms with Gasteiger partial charge in [0.2, 0.25) is 0 Å². The summed E-state index contributed by atoms with van der Waals surface area (Å²) in [7, 11) is -3.77. The predicted molar refractivity (Wildman–Crippen MR) is 69.0 cm³/mol. The van der Waals surface area contributed by atoms with E-state index in [1.165, 1.54) is 12.1 Å². The molecule has 0 heterocycles. The van der Waals surface area contributed by atoms with Gasteiger partial charge < -0.3 is 0 Å². The zero-order chi connectivity index (χ0) is 13.6. The van der Waals surface area contributed by atoms with Gasteiger partial charge in [0.15, 0.2) is 0 Å². The van der Waals surface area contributed by atoms with Crippen LogP contribution in [-0.2, 0) is 14.3 Å². The molecule has 104 valence electrons. The highest BCUT2D eigenvalue weighted by Gasteiger charge is 2.48.